The van der Waals surface area contributed by atoms with Crippen LogP contribution in [0.5, 0.6) is 5.75 Å². The molecule has 0 aliphatic rings. The van der Waals surface area contributed by atoms with Crippen LogP contribution in [-0.2, 0) is 10.0 Å². The number of nitrogens with zero attached hydrogens (tertiary/aromatic N) is 1. The Balaban J connectivity index is 2.81. The van der Waals surface area contributed by atoms with Crippen molar-refractivity contribution in [2.45, 2.75) is 17.9 Å². The van der Waals surface area contributed by atoms with Crippen molar-refractivity contribution in [3.8, 4) is 5.75 Å². The van der Waals surface area contributed by atoms with E-state index in [4.69, 9.17) is 4.74 Å². The van der Waals surface area contributed by atoms with Gasteiger partial charge in [0.25, 0.3) is 0 Å². The Morgan fingerprint density at radius 1 is 1.28 bits per heavy atom. The van der Waals surface area contributed by atoms with Gasteiger partial charge in [0.05, 0.1) is 4.90 Å². The monoisotopic (exact) mass is 272 g/mol. The summed E-state index contributed by atoms with van der Waals surface area (Å²) >= 11 is 0. The van der Waals surface area contributed by atoms with Crippen molar-refractivity contribution in [3.63, 3.8) is 0 Å². The first kappa shape index (κ1) is 14.9. The van der Waals surface area contributed by atoms with Gasteiger partial charge >= 0.3 is 0 Å². The molecule has 0 saturated carbocycles. The fourth-order valence-electron chi connectivity index (χ4n) is 1.46. The van der Waals surface area contributed by atoms with Crippen molar-refractivity contribution in [1.82, 2.24) is 9.62 Å². The summed E-state index contributed by atoms with van der Waals surface area (Å²) in [5, 5.41) is 3.01. The van der Waals surface area contributed by atoms with Gasteiger partial charge in [-0.3, -0.25) is 0 Å². The lowest BCUT2D eigenvalue weighted by atomic mass is 10.3. The lowest BCUT2D eigenvalue weighted by Crippen LogP contribution is -2.26. The molecule has 0 amide bonds. The Bertz CT molecular complexity index is 469. The fraction of sp³-hybridized carbons (Fsp3) is 0.500. The Morgan fingerprint density at radius 2 is 1.83 bits per heavy atom. The predicted molar refractivity (Wildman–Crippen MR) is 71.3 cm³/mol. The van der Waals surface area contributed by atoms with Crippen LogP contribution in [0.15, 0.2) is 29.2 Å². The summed E-state index contributed by atoms with van der Waals surface area (Å²) in [4.78, 5) is 0.265. The normalized spacial score (nSPS) is 13.6. The maximum Gasteiger partial charge on any atom is 0.242 e. The smallest absolute Gasteiger partial charge is 0.242 e. The highest BCUT2D eigenvalue weighted by Crippen LogP contribution is 2.18. The minimum atomic E-state index is -3.37. The number of nitrogens with one attached hydrogen (secondary N) is 1. The molecular weight excluding hydrogens is 252 g/mol. The third-order valence-corrected chi connectivity index (χ3v) is 4.26. The zero-order valence-electron chi connectivity index (χ0n) is 11.2. The average Bonchev–Trinajstić information content (AvgIpc) is 2.29. The average molecular weight is 272 g/mol. The first-order valence-electron chi connectivity index (χ1n) is 5.71. The molecule has 1 rings (SSSR count). The summed E-state index contributed by atoms with van der Waals surface area (Å²) in [5.41, 5.74) is 0. The van der Waals surface area contributed by atoms with E-state index in [-0.39, 0.29) is 11.0 Å². The highest BCUT2D eigenvalue weighted by atomic mass is 32.2. The molecule has 0 aromatic heterocycles. The summed E-state index contributed by atoms with van der Waals surface area (Å²) in [7, 11) is 1.50. The molecule has 1 unspecified atom stereocenters. The second-order valence-corrected chi connectivity index (χ2v) is 6.40. The number of rotatable bonds is 6. The molecule has 5 nitrogen and oxygen atoms in total. The molecule has 0 bridgehead atoms. The second kappa shape index (κ2) is 6.17. The van der Waals surface area contributed by atoms with Gasteiger partial charge in [-0.15, -0.1) is 0 Å². The number of ether oxygens (including phenoxy) is 1. The van der Waals surface area contributed by atoms with Gasteiger partial charge in [0, 0.05) is 20.6 Å². The third kappa shape index (κ3) is 3.69. The number of benzene rings is 1. The summed E-state index contributed by atoms with van der Waals surface area (Å²) in [6, 6.07) is 6.44. The van der Waals surface area contributed by atoms with Crippen molar-refractivity contribution in [3.05, 3.63) is 24.3 Å². The van der Waals surface area contributed by atoms with E-state index in [9.17, 15) is 8.42 Å². The standard InChI is InChI=1S/C12H20N2O3S/c1-10(9-13-2)17-11-5-7-12(8-6-11)18(15,16)14(3)4/h5-8,10,13H,9H2,1-4H3. The topological polar surface area (TPSA) is 58.6 Å². The van der Waals surface area contributed by atoms with E-state index < -0.39 is 10.0 Å². The molecule has 1 aromatic rings. The molecule has 0 saturated heterocycles. The maximum atomic E-state index is 11.8. The highest BCUT2D eigenvalue weighted by molar-refractivity contribution is 7.89. The van der Waals surface area contributed by atoms with E-state index in [1.807, 2.05) is 14.0 Å². The van der Waals surface area contributed by atoms with Crippen LogP contribution in [0, 0.1) is 0 Å². The van der Waals surface area contributed by atoms with Crippen LogP contribution in [0.2, 0.25) is 0 Å². The van der Waals surface area contributed by atoms with Crippen LogP contribution in [0.1, 0.15) is 6.92 Å². The Hall–Kier alpha value is -1.11. The molecule has 1 aromatic carbocycles. The molecule has 18 heavy (non-hydrogen) atoms. The number of likely N-dealkylation sites (N-methyl/N-ethyl adjacent to an activating group) is 1. The lowest BCUT2D eigenvalue weighted by Gasteiger charge is -2.15. The largest absolute Gasteiger partial charge is 0.489 e. The van der Waals surface area contributed by atoms with Crippen LogP contribution in [0.4, 0.5) is 0 Å². The summed E-state index contributed by atoms with van der Waals surface area (Å²) in [6.45, 7) is 2.68. The molecular formula is C12H20N2O3S. The van der Waals surface area contributed by atoms with E-state index in [2.05, 4.69) is 5.32 Å². The minimum Gasteiger partial charge on any atom is -0.489 e. The van der Waals surface area contributed by atoms with Gasteiger partial charge in [-0.05, 0) is 38.2 Å². The van der Waals surface area contributed by atoms with Crippen molar-refractivity contribution >= 4 is 10.0 Å². The number of sulfonamides is 1. The maximum absolute atomic E-state index is 11.8. The van der Waals surface area contributed by atoms with Crippen molar-refractivity contribution in [2.24, 2.45) is 0 Å². The van der Waals surface area contributed by atoms with Crippen LogP contribution in [0.3, 0.4) is 0 Å². The first-order chi connectivity index (χ1) is 8.37. The van der Waals surface area contributed by atoms with E-state index in [0.717, 1.165) is 6.54 Å². The van der Waals surface area contributed by atoms with E-state index in [1.54, 1.807) is 24.3 Å². The lowest BCUT2D eigenvalue weighted by molar-refractivity contribution is 0.220. The van der Waals surface area contributed by atoms with Gasteiger partial charge < -0.3 is 10.1 Å². The Morgan fingerprint density at radius 3 is 2.28 bits per heavy atom. The second-order valence-electron chi connectivity index (χ2n) is 4.24. The highest BCUT2D eigenvalue weighted by Gasteiger charge is 2.16. The minimum absolute atomic E-state index is 0.0336. The van der Waals surface area contributed by atoms with Crippen LogP contribution in [-0.4, -0.2) is 46.5 Å². The van der Waals surface area contributed by atoms with Gasteiger partial charge in [-0.2, -0.15) is 0 Å². The zero-order chi connectivity index (χ0) is 13.8. The summed E-state index contributed by atoms with van der Waals surface area (Å²) < 4.78 is 30.5. The zero-order valence-corrected chi connectivity index (χ0v) is 12.0. The SMILES string of the molecule is CNCC(C)Oc1ccc(S(=O)(=O)N(C)C)cc1. The van der Waals surface area contributed by atoms with E-state index in [1.165, 1.54) is 18.4 Å². The molecule has 1 N–H and O–H groups in total. The molecule has 0 aliphatic heterocycles. The molecule has 0 fully saturated rings. The van der Waals surface area contributed by atoms with Crippen molar-refractivity contribution in [1.29, 1.82) is 0 Å². The van der Waals surface area contributed by atoms with Crippen LogP contribution in [0.25, 0.3) is 0 Å². The molecule has 0 heterocycles. The molecule has 6 heteroatoms. The summed E-state index contributed by atoms with van der Waals surface area (Å²) in [5.74, 6) is 0.662. The van der Waals surface area contributed by atoms with Gasteiger partial charge in [-0.1, -0.05) is 0 Å². The van der Waals surface area contributed by atoms with Gasteiger partial charge in [-0.25, -0.2) is 12.7 Å². The van der Waals surface area contributed by atoms with Crippen LogP contribution >= 0.6 is 0 Å². The predicted octanol–water partition coefficient (Wildman–Crippen LogP) is 0.924. The van der Waals surface area contributed by atoms with E-state index >= 15 is 0 Å². The molecule has 1 atom stereocenters. The van der Waals surface area contributed by atoms with Crippen molar-refractivity contribution in [2.75, 3.05) is 27.7 Å². The summed E-state index contributed by atoms with van der Waals surface area (Å²) in [6.07, 6.45) is 0.0336. The Labute approximate surface area is 109 Å². The van der Waals surface area contributed by atoms with Gasteiger partial charge in [0.1, 0.15) is 11.9 Å². The molecule has 0 spiro atoms. The molecule has 0 radical (unpaired) electrons. The Kier molecular flexibility index (Phi) is 5.13. The van der Waals surface area contributed by atoms with Crippen molar-refractivity contribution < 1.29 is 13.2 Å². The number of hydrogen-bond donors (Lipinski definition) is 1. The van der Waals surface area contributed by atoms with Gasteiger partial charge in [0.15, 0.2) is 0 Å². The first-order valence-corrected chi connectivity index (χ1v) is 7.15. The van der Waals surface area contributed by atoms with E-state index in [0.29, 0.717) is 5.75 Å². The molecule has 0 aliphatic carbocycles. The quantitative estimate of drug-likeness (QED) is 0.837. The fourth-order valence-corrected chi connectivity index (χ4v) is 2.36. The molecule has 102 valence electrons. The number of hydrogen-bond acceptors (Lipinski definition) is 4. The third-order valence-electron chi connectivity index (χ3n) is 2.43. The van der Waals surface area contributed by atoms with Crippen LogP contribution < -0.4 is 10.1 Å². The van der Waals surface area contributed by atoms with Gasteiger partial charge in [0.2, 0.25) is 10.0 Å².